The van der Waals surface area contributed by atoms with Crippen LogP contribution in [0.3, 0.4) is 0 Å². The van der Waals surface area contributed by atoms with E-state index in [2.05, 4.69) is 10.6 Å². The third kappa shape index (κ3) is 3.91. The minimum atomic E-state index is -0.155. The molecule has 2 aliphatic rings. The van der Waals surface area contributed by atoms with Crippen molar-refractivity contribution in [2.45, 2.75) is 56.7 Å². The fourth-order valence-corrected chi connectivity index (χ4v) is 2.95. The molecule has 2 N–H and O–H groups in total. The number of carbonyl (C=O) groups is 1. The summed E-state index contributed by atoms with van der Waals surface area (Å²) >= 11 is 0. The van der Waals surface area contributed by atoms with Gasteiger partial charge in [-0.15, -0.1) is 0 Å². The Morgan fingerprint density at radius 3 is 2.95 bits per heavy atom. The number of amides is 1. The van der Waals surface area contributed by atoms with Crippen molar-refractivity contribution in [3.63, 3.8) is 0 Å². The quantitative estimate of drug-likeness (QED) is 0.702. The van der Waals surface area contributed by atoms with Crippen molar-refractivity contribution in [1.29, 1.82) is 0 Å². The molecule has 1 saturated heterocycles. The zero-order valence-corrected chi connectivity index (χ0v) is 12.0. The van der Waals surface area contributed by atoms with Crippen LogP contribution in [0.2, 0.25) is 0 Å². The van der Waals surface area contributed by atoms with E-state index in [0.29, 0.717) is 19.2 Å². The molecule has 2 unspecified atom stereocenters. The summed E-state index contributed by atoms with van der Waals surface area (Å²) in [6.45, 7) is 3.86. The molecule has 0 radical (unpaired) electrons. The molecular weight excluding hydrogens is 244 g/mol. The first kappa shape index (κ1) is 14.8. The molecule has 0 aromatic rings. The lowest BCUT2D eigenvalue weighted by Gasteiger charge is -2.47. The van der Waals surface area contributed by atoms with Gasteiger partial charge in [0.1, 0.15) is 0 Å². The number of ether oxygens (including phenoxy) is 2. The van der Waals surface area contributed by atoms with E-state index in [9.17, 15) is 4.79 Å². The van der Waals surface area contributed by atoms with Gasteiger partial charge in [0.25, 0.3) is 0 Å². The molecule has 2 rings (SSSR count). The molecule has 1 amide bonds. The molecule has 1 aliphatic heterocycles. The summed E-state index contributed by atoms with van der Waals surface area (Å²) in [6, 6.07) is 0.245. The zero-order chi connectivity index (χ0) is 13.7. The fourth-order valence-electron chi connectivity index (χ4n) is 2.95. The Balaban J connectivity index is 1.72. The normalized spacial score (nSPS) is 26.7. The Hall–Kier alpha value is -0.650. The van der Waals surface area contributed by atoms with Crippen LogP contribution in [-0.2, 0) is 14.3 Å². The van der Waals surface area contributed by atoms with Crippen LogP contribution in [-0.4, -0.2) is 50.5 Å². The number of hydrogen-bond donors (Lipinski definition) is 2. The molecule has 1 aliphatic carbocycles. The predicted octanol–water partition coefficient (Wildman–Crippen LogP) is 0.829. The third-order valence-corrected chi connectivity index (χ3v) is 4.24. The number of methoxy groups -OCH3 is 1. The van der Waals surface area contributed by atoms with Gasteiger partial charge in [-0.1, -0.05) is 0 Å². The van der Waals surface area contributed by atoms with E-state index >= 15 is 0 Å². The zero-order valence-electron chi connectivity index (χ0n) is 12.0. The lowest BCUT2D eigenvalue weighted by atomic mass is 9.74. The summed E-state index contributed by atoms with van der Waals surface area (Å²) in [5, 5.41) is 6.30. The monoisotopic (exact) mass is 270 g/mol. The van der Waals surface area contributed by atoms with Gasteiger partial charge in [0, 0.05) is 26.3 Å². The number of nitrogens with one attached hydrogen (secondary N) is 2. The summed E-state index contributed by atoms with van der Waals surface area (Å²) in [5.74, 6) is 0.0474. The van der Waals surface area contributed by atoms with Gasteiger partial charge in [0.2, 0.25) is 5.91 Å². The van der Waals surface area contributed by atoms with E-state index in [1.165, 1.54) is 19.3 Å². The molecule has 2 atom stereocenters. The predicted molar refractivity (Wildman–Crippen MR) is 73.0 cm³/mol. The average molecular weight is 270 g/mol. The first-order chi connectivity index (χ1) is 9.15. The van der Waals surface area contributed by atoms with Crippen LogP contribution in [0.15, 0.2) is 0 Å². The van der Waals surface area contributed by atoms with Crippen molar-refractivity contribution in [3.8, 4) is 0 Å². The average Bonchev–Trinajstić information content (AvgIpc) is 2.37. The smallest absolute Gasteiger partial charge is 0.236 e. The molecule has 5 nitrogen and oxygen atoms in total. The van der Waals surface area contributed by atoms with Crippen LogP contribution in [0.5, 0.6) is 0 Å². The highest BCUT2D eigenvalue weighted by atomic mass is 16.5. The van der Waals surface area contributed by atoms with Gasteiger partial charge in [-0.2, -0.15) is 0 Å². The highest BCUT2D eigenvalue weighted by Gasteiger charge is 2.42. The Labute approximate surface area is 115 Å². The van der Waals surface area contributed by atoms with Crippen LogP contribution in [0.25, 0.3) is 0 Å². The maximum absolute atomic E-state index is 11.9. The lowest BCUT2D eigenvalue weighted by Crippen LogP contribution is -2.54. The largest absolute Gasteiger partial charge is 0.383 e. The van der Waals surface area contributed by atoms with Gasteiger partial charge >= 0.3 is 0 Å². The molecule has 19 heavy (non-hydrogen) atoms. The standard InChI is InChI=1S/C14H26N2O3/c1-11(13(17)15-7-9-18-2)16-12-4-8-19-14(10-12)5-3-6-14/h11-12,16H,3-10H2,1-2H3,(H,15,17). The molecule has 5 heteroatoms. The van der Waals surface area contributed by atoms with Crippen molar-refractivity contribution in [2.75, 3.05) is 26.9 Å². The highest BCUT2D eigenvalue weighted by Crippen LogP contribution is 2.42. The van der Waals surface area contributed by atoms with E-state index < -0.39 is 0 Å². The maximum atomic E-state index is 11.9. The van der Waals surface area contributed by atoms with Crippen molar-refractivity contribution < 1.29 is 14.3 Å². The van der Waals surface area contributed by atoms with Crippen LogP contribution >= 0.6 is 0 Å². The summed E-state index contributed by atoms with van der Waals surface area (Å²) < 4.78 is 10.8. The molecule has 110 valence electrons. The fraction of sp³-hybridized carbons (Fsp3) is 0.929. The van der Waals surface area contributed by atoms with Gasteiger partial charge in [-0.3, -0.25) is 4.79 Å². The molecule has 2 fully saturated rings. The molecule has 1 saturated carbocycles. The molecule has 0 aromatic carbocycles. The van der Waals surface area contributed by atoms with Crippen LogP contribution in [0.1, 0.15) is 39.0 Å². The summed E-state index contributed by atoms with van der Waals surface area (Å²) in [7, 11) is 1.63. The Morgan fingerprint density at radius 1 is 1.53 bits per heavy atom. The minimum Gasteiger partial charge on any atom is -0.383 e. The lowest BCUT2D eigenvalue weighted by molar-refractivity contribution is -0.138. The van der Waals surface area contributed by atoms with Gasteiger partial charge in [0.05, 0.1) is 18.2 Å². The Morgan fingerprint density at radius 2 is 2.32 bits per heavy atom. The highest BCUT2D eigenvalue weighted by molar-refractivity contribution is 5.81. The van der Waals surface area contributed by atoms with Gasteiger partial charge in [-0.25, -0.2) is 0 Å². The van der Waals surface area contributed by atoms with Crippen LogP contribution in [0, 0.1) is 0 Å². The topological polar surface area (TPSA) is 59.6 Å². The van der Waals surface area contributed by atoms with E-state index in [4.69, 9.17) is 9.47 Å². The Kier molecular flexibility index (Phi) is 5.19. The van der Waals surface area contributed by atoms with Crippen LogP contribution < -0.4 is 10.6 Å². The second kappa shape index (κ2) is 6.68. The van der Waals surface area contributed by atoms with Crippen molar-refractivity contribution in [3.05, 3.63) is 0 Å². The van der Waals surface area contributed by atoms with Crippen LogP contribution in [0.4, 0.5) is 0 Å². The summed E-state index contributed by atoms with van der Waals surface area (Å²) in [4.78, 5) is 11.9. The van der Waals surface area contributed by atoms with E-state index in [0.717, 1.165) is 19.4 Å². The van der Waals surface area contributed by atoms with Crippen molar-refractivity contribution in [1.82, 2.24) is 10.6 Å². The molecule has 1 heterocycles. The first-order valence-electron chi connectivity index (χ1n) is 7.32. The second-order valence-corrected chi connectivity index (χ2v) is 5.75. The number of rotatable bonds is 6. The van der Waals surface area contributed by atoms with Crippen molar-refractivity contribution in [2.24, 2.45) is 0 Å². The minimum absolute atomic E-state index is 0.0474. The maximum Gasteiger partial charge on any atom is 0.236 e. The molecular formula is C14H26N2O3. The third-order valence-electron chi connectivity index (χ3n) is 4.24. The van der Waals surface area contributed by atoms with E-state index in [1.54, 1.807) is 7.11 Å². The van der Waals surface area contributed by atoms with Gasteiger partial charge in [0.15, 0.2) is 0 Å². The summed E-state index contributed by atoms with van der Waals surface area (Å²) in [6.07, 6.45) is 5.68. The SMILES string of the molecule is COCCNC(=O)C(C)NC1CCOC2(CCC2)C1. The first-order valence-corrected chi connectivity index (χ1v) is 7.32. The molecule has 0 aromatic heterocycles. The van der Waals surface area contributed by atoms with Crippen molar-refractivity contribution >= 4 is 5.91 Å². The van der Waals surface area contributed by atoms with Gasteiger partial charge < -0.3 is 20.1 Å². The van der Waals surface area contributed by atoms with E-state index in [1.807, 2.05) is 6.92 Å². The molecule has 1 spiro atoms. The Bertz CT molecular complexity index is 305. The van der Waals surface area contributed by atoms with E-state index in [-0.39, 0.29) is 17.6 Å². The second-order valence-electron chi connectivity index (χ2n) is 5.75. The molecule has 0 bridgehead atoms. The number of hydrogen-bond acceptors (Lipinski definition) is 4. The van der Waals surface area contributed by atoms with Gasteiger partial charge in [-0.05, 0) is 39.0 Å². The number of carbonyl (C=O) groups excluding carboxylic acids is 1. The summed E-state index contributed by atoms with van der Waals surface area (Å²) in [5.41, 5.74) is 0.127.